The molecule has 6 heteroatoms. The lowest BCUT2D eigenvalue weighted by atomic mass is 10.1. The average Bonchev–Trinajstić information content (AvgIpc) is 2.68. The zero-order valence-electron chi connectivity index (χ0n) is 14.1. The lowest BCUT2D eigenvalue weighted by Gasteiger charge is -2.09. The number of Topliss-reactive ketones (excluding diaryl/α,β-unsaturated/α-hetero) is 1. The molecule has 0 aliphatic rings. The van der Waals surface area contributed by atoms with E-state index in [0.717, 1.165) is 0 Å². The van der Waals surface area contributed by atoms with Gasteiger partial charge in [0.15, 0.2) is 12.4 Å². The fourth-order valence-electron chi connectivity index (χ4n) is 2.35. The van der Waals surface area contributed by atoms with Gasteiger partial charge in [-0.2, -0.15) is 0 Å². The highest BCUT2D eigenvalue weighted by Gasteiger charge is 2.10. The Hall–Kier alpha value is -2.82. The highest BCUT2D eigenvalue weighted by atomic mass is 35.5. The molecule has 0 bridgehead atoms. The van der Waals surface area contributed by atoms with E-state index < -0.39 is 0 Å². The molecule has 0 aromatic heterocycles. The number of carbonyl (C=O) groups excluding carboxylic acids is 2. The molecule has 1 N–H and O–H groups in total. The van der Waals surface area contributed by atoms with Gasteiger partial charge in [-0.1, -0.05) is 35.3 Å². The Balaban J connectivity index is 1.57. The van der Waals surface area contributed by atoms with Gasteiger partial charge in [-0.05, 0) is 60.7 Å². The molecule has 0 fully saturated rings. The van der Waals surface area contributed by atoms with Gasteiger partial charge in [-0.25, -0.2) is 0 Å². The molecule has 0 atom stereocenters. The maximum absolute atomic E-state index is 12.2. The van der Waals surface area contributed by atoms with E-state index in [-0.39, 0.29) is 18.3 Å². The molecule has 3 rings (SSSR count). The van der Waals surface area contributed by atoms with Crippen LogP contribution in [0.2, 0.25) is 10.0 Å². The number of nitrogens with one attached hydrogen (secondary N) is 1. The normalized spacial score (nSPS) is 10.3. The van der Waals surface area contributed by atoms with Crippen LogP contribution in [0.15, 0.2) is 72.8 Å². The van der Waals surface area contributed by atoms with Crippen molar-refractivity contribution in [3.05, 3.63) is 94.0 Å². The Bertz CT molecular complexity index is 954. The molecule has 0 unspecified atom stereocenters. The predicted molar refractivity (Wildman–Crippen MR) is 107 cm³/mol. The molecule has 4 nitrogen and oxygen atoms in total. The second-order valence-corrected chi connectivity index (χ2v) is 6.52. The molecular formula is C21H15Cl2NO3. The minimum absolute atomic E-state index is 0.0903. The average molecular weight is 400 g/mol. The molecule has 0 aliphatic carbocycles. The van der Waals surface area contributed by atoms with Crippen LogP contribution in [-0.2, 0) is 0 Å². The van der Waals surface area contributed by atoms with Crippen molar-refractivity contribution in [2.24, 2.45) is 0 Å². The number of anilines is 1. The second-order valence-electron chi connectivity index (χ2n) is 5.68. The van der Waals surface area contributed by atoms with E-state index in [2.05, 4.69) is 5.32 Å². The van der Waals surface area contributed by atoms with Crippen molar-refractivity contribution in [3.63, 3.8) is 0 Å². The fraction of sp³-hybridized carbons (Fsp3) is 0.0476. The summed E-state index contributed by atoms with van der Waals surface area (Å²) in [4.78, 5) is 24.3. The molecule has 0 radical (unpaired) electrons. The third-order valence-electron chi connectivity index (χ3n) is 3.77. The number of rotatable bonds is 6. The van der Waals surface area contributed by atoms with E-state index in [9.17, 15) is 9.59 Å². The van der Waals surface area contributed by atoms with Crippen LogP contribution in [0.3, 0.4) is 0 Å². The van der Waals surface area contributed by atoms with Gasteiger partial charge >= 0.3 is 0 Å². The summed E-state index contributed by atoms with van der Waals surface area (Å²) in [6.07, 6.45) is 0. The Morgan fingerprint density at radius 3 is 2.19 bits per heavy atom. The van der Waals surface area contributed by atoms with Gasteiger partial charge < -0.3 is 10.1 Å². The Labute approximate surface area is 166 Å². The maximum Gasteiger partial charge on any atom is 0.257 e. The third kappa shape index (κ3) is 5.09. The monoisotopic (exact) mass is 399 g/mol. The van der Waals surface area contributed by atoms with Gasteiger partial charge in [0.2, 0.25) is 0 Å². The Morgan fingerprint density at radius 2 is 1.52 bits per heavy atom. The molecule has 136 valence electrons. The molecule has 0 saturated carbocycles. The van der Waals surface area contributed by atoms with Gasteiger partial charge in [0.25, 0.3) is 5.91 Å². The summed E-state index contributed by atoms with van der Waals surface area (Å²) in [5, 5.41) is 3.72. The smallest absolute Gasteiger partial charge is 0.257 e. The first kappa shape index (κ1) is 19.0. The van der Waals surface area contributed by atoms with Gasteiger partial charge in [-0.15, -0.1) is 0 Å². The van der Waals surface area contributed by atoms with Crippen LogP contribution >= 0.6 is 23.2 Å². The topological polar surface area (TPSA) is 55.4 Å². The first-order valence-electron chi connectivity index (χ1n) is 8.10. The zero-order chi connectivity index (χ0) is 19.2. The maximum atomic E-state index is 12.2. The minimum Gasteiger partial charge on any atom is -0.485 e. The first-order chi connectivity index (χ1) is 13.0. The third-order valence-corrected chi connectivity index (χ3v) is 4.35. The van der Waals surface area contributed by atoms with Crippen LogP contribution in [0.25, 0.3) is 0 Å². The van der Waals surface area contributed by atoms with E-state index in [1.807, 2.05) is 0 Å². The summed E-state index contributed by atoms with van der Waals surface area (Å²) in [7, 11) is 0. The lowest BCUT2D eigenvalue weighted by Crippen LogP contribution is -2.13. The van der Waals surface area contributed by atoms with Crippen molar-refractivity contribution < 1.29 is 14.3 Å². The molecule has 0 saturated heterocycles. The quantitative estimate of drug-likeness (QED) is 0.556. The van der Waals surface area contributed by atoms with Crippen molar-refractivity contribution in [2.75, 3.05) is 11.9 Å². The summed E-state index contributed by atoms with van der Waals surface area (Å²) in [6, 6.07) is 20.2. The number of hydrogen-bond acceptors (Lipinski definition) is 3. The van der Waals surface area contributed by atoms with Crippen LogP contribution in [0.4, 0.5) is 5.69 Å². The minimum atomic E-state index is -0.299. The molecule has 1 amide bonds. The molecular weight excluding hydrogens is 385 g/mol. The van der Waals surface area contributed by atoms with Crippen molar-refractivity contribution >= 4 is 40.6 Å². The summed E-state index contributed by atoms with van der Waals surface area (Å²) < 4.78 is 5.50. The number of halogens is 2. The number of hydrogen-bond donors (Lipinski definition) is 1. The summed E-state index contributed by atoms with van der Waals surface area (Å²) in [6.45, 7) is -0.0903. The molecule has 0 aliphatic heterocycles. The van der Waals surface area contributed by atoms with E-state index in [1.165, 1.54) is 0 Å². The van der Waals surface area contributed by atoms with Gasteiger partial charge in [0, 0.05) is 16.3 Å². The number of carbonyl (C=O) groups is 2. The first-order valence-corrected chi connectivity index (χ1v) is 8.86. The van der Waals surface area contributed by atoms with E-state index in [0.29, 0.717) is 32.6 Å². The highest BCUT2D eigenvalue weighted by molar-refractivity contribution is 6.34. The highest BCUT2D eigenvalue weighted by Crippen LogP contribution is 2.20. The number of amides is 1. The number of benzene rings is 3. The van der Waals surface area contributed by atoms with Crippen molar-refractivity contribution in [1.82, 2.24) is 0 Å². The second kappa shape index (κ2) is 8.71. The molecule has 27 heavy (non-hydrogen) atoms. The summed E-state index contributed by atoms with van der Waals surface area (Å²) in [5.74, 6) is 0.0722. The zero-order valence-corrected chi connectivity index (χ0v) is 15.6. The fourth-order valence-corrected chi connectivity index (χ4v) is 2.69. The van der Waals surface area contributed by atoms with Crippen molar-refractivity contribution in [3.8, 4) is 5.75 Å². The standard InChI is InChI=1S/C21H15Cl2NO3/c22-15-7-5-14(6-8-15)20(25)13-27-17-11-9-16(10-12-17)24-21(26)18-3-1-2-4-19(18)23/h1-12H,13H2,(H,24,26). The van der Waals surface area contributed by atoms with Gasteiger partial charge in [0.1, 0.15) is 5.75 Å². The van der Waals surface area contributed by atoms with Crippen LogP contribution in [-0.4, -0.2) is 18.3 Å². The SMILES string of the molecule is O=C(COc1ccc(NC(=O)c2ccccc2Cl)cc1)c1ccc(Cl)cc1. The molecule has 0 spiro atoms. The van der Waals surface area contributed by atoms with E-state index in [4.69, 9.17) is 27.9 Å². The van der Waals surface area contributed by atoms with Gasteiger partial charge in [-0.3, -0.25) is 9.59 Å². The van der Waals surface area contributed by atoms with E-state index in [1.54, 1.807) is 72.8 Å². The van der Waals surface area contributed by atoms with Gasteiger partial charge in [0.05, 0.1) is 10.6 Å². The molecule has 0 heterocycles. The molecule has 3 aromatic rings. The van der Waals surface area contributed by atoms with Crippen LogP contribution in [0.5, 0.6) is 5.75 Å². The number of ether oxygens (including phenoxy) is 1. The van der Waals surface area contributed by atoms with Crippen molar-refractivity contribution in [2.45, 2.75) is 0 Å². The lowest BCUT2D eigenvalue weighted by molar-refractivity contribution is 0.0921. The Kier molecular flexibility index (Phi) is 6.12. The predicted octanol–water partition coefficient (Wildman–Crippen LogP) is 5.51. The largest absolute Gasteiger partial charge is 0.485 e. The number of ketones is 1. The van der Waals surface area contributed by atoms with E-state index >= 15 is 0 Å². The van der Waals surface area contributed by atoms with Crippen LogP contribution in [0.1, 0.15) is 20.7 Å². The van der Waals surface area contributed by atoms with Crippen LogP contribution < -0.4 is 10.1 Å². The van der Waals surface area contributed by atoms with Crippen LogP contribution in [0, 0.1) is 0 Å². The van der Waals surface area contributed by atoms with Crippen molar-refractivity contribution in [1.29, 1.82) is 0 Å². The summed E-state index contributed by atoms with van der Waals surface area (Å²) >= 11 is 11.8. The Morgan fingerprint density at radius 1 is 0.852 bits per heavy atom. The molecule has 3 aromatic carbocycles. The summed E-state index contributed by atoms with van der Waals surface area (Å²) in [5.41, 5.74) is 1.52.